The number of aromatic nitrogens is 2. The van der Waals surface area contributed by atoms with Crippen molar-refractivity contribution in [2.45, 2.75) is 13.0 Å². The van der Waals surface area contributed by atoms with E-state index in [0.717, 1.165) is 5.69 Å². The van der Waals surface area contributed by atoms with Gasteiger partial charge in [0.25, 0.3) is 0 Å². The SMILES string of the molecule is C[C@H](c1cnccn1)N(C)CC(=O)O. The van der Waals surface area contributed by atoms with Crippen molar-refractivity contribution in [3.8, 4) is 0 Å². The molecule has 0 amide bonds. The lowest BCUT2D eigenvalue weighted by Gasteiger charge is -2.21. The Labute approximate surface area is 82.4 Å². The number of carboxylic acid groups (broad SMARTS) is 1. The molecule has 1 atom stereocenters. The van der Waals surface area contributed by atoms with Gasteiger partial charge in [-0.05, 0) is 14.0 Å². The van der Waals surface area contributed by atoms with Crippen LogP contribution < -0.4 is 0 Å². The van der Waals surface area contributed by atoms with Gasteiger partial charge in [-0.1, -0.05) is 0 Å². The van der Waals surface area contributed by atoms with E-state index in [9.17, 15) is 4.79 Å². The van der Waals surface area contributed by atoms with Crippen LogP contribution in [0.2, 0.25) is 0 Å². The third-order valence-corrected chi connectivity index (χ3v) is 2.06. The summed E-state index contributed by atoms with van der Waals surface area (Å²) in [5, 5.41) is 8.60. The quantitative estimate of drug-likeness (QED) is 0.760. The maximum absolute atomic E-state index is 10.5. The van der Waals surface area contributed by atoms with Crippen molar-refractivity contribution in [1.29, 1.82) is 0 Å². The lowest BCUT2D eigenvalue weighted by Crippen LogP contribution is -2.29. The molecule has 0 aliphatic heterocycles. The molecule has 0 bridgehead atoms. The van der Waals surface area contributed by atoms with Gasteiger partial charge in [0.15, 0.2) is 0 Å². The summed E-state index contributed by atoms with van der Waals surface area (Å²) < 4.78 is 0. The van der Waals surface area contributed by atoms with Crippen molar-refractivity contribution < 1.29 is 9.90 Å². The molecule has 0 saturated carbocycles. The maximum Gasteiger partial charge on any atom is 0.317 e. The first-order chi connectivity index (χ1) is 6.61. The van der Waals surface area contributed by atoms with Crippen molar-refractivity contribution in [3.05, 3.63) is 24.3 Å². The highest BCUT2D eigenvalue weighted by Crippen LogP contribution is 2.13. The smallest absolute Gasteiger partial charge is 0.317 e. The molecule has 5 nitrogen and oxygen atoms in total. The number of rotatable bonds is 4. The van der Waals surface area contributed by atoms with Crippen LogP contribution in [0.5, 0.6) is 0 Å². The highest BCUT2D eigenvalue weighted by atomic mass is 16.4. The largest absolute Gasteiger partial charge is 0.480 e. The van der Waals surface area contributed by atoms with Crippen molar-refractivity contribution in [2.24, 2.45) is 0 Å². The van der Waals surface area contributed by atoms with Crippen LogP contribution in [-0.4, -0.2) is 39.5 Å². The molecule has 0 aliphatic rings. The Morgan fingerprint density at radius 2 is 2.36 bits per heavy atom. The van der Waals surface area contributed by atoms with Gasteiger partial charge in [-0.15, -0.1) is 0 Å². The number of likely N-dealkylation sites (N-methyl/N-ethyl adjacent to an activating group) is 1. The Hall–Kier alpha value is -1.49. The average molecular weight is 195 g/mol. The summed E-state index contributed by atoms with van der Waals surface area (Å²) in [6, 6.07) is -0.0419. The monoisotopic (exact) mass is 195 g/mol. The van der Waals surface area contributed by atoms with Crippen LogP contribution in [-0.2, 0) is 4.79 Å². The number of hydrogen-bond donors (Lipinski definition) is 1. The van der Waals surface area contributed by atoms with Gasteiger partial charge in [0.1, 0.15) is 0 Å². The van der Waals surface area contributed by atoms with E-state index in [1.807, 2.05) is 6.92 Å². The number of carboxylic acids is 1. The summed E-state index contributed by atoms with van der Waals surface area (Å²) in [7, 11) is 1.74. The third kappa shape index (κ3) is 2.77. The molecule has 1 aromatic rings. The fourth-order valence-corrected chi connectivity index (χ4v) is 1.10. The third-order valence-electron chi connectivity index (χ3n) is 2.06. The number of nitrogens with zero attached hydrogens (tertiary/aromatic N) is 3. The van der Waals surface area contributed by atoms with E-state index in [1.54, 1.807) is 30.5 Å². The number of aliphatic carboxylic acids is 1. The van der Waals surface area contributed by atoms with Gasteiger partial charge in [0.05, 0.1) is 18.3 Å². The first-order valence-corrected chi connectivity index (χ1v) is 4.29. The molecule has 5 heteroatoms. The summed E-state index contributed by atoms with van der Waals surface area (Å²) >= 11 is 0. The Morgan fingerprint density at radius 3 is 2.86 bits per heavy atom. The normalized spacial score (nSPS) is 12.8. The summed E-state index contributed by atoms with van der Waals surface area (Å²) in [6.45, 7) is 1.89. The fraction of sp³-hybridized carbons (Fsp3) is 0.444. The summed E-state index contributed by atoms with van der Waals surface area (Å²) in [6.07, 6.45) is 4.83. The summed E-state index contributed by atoms with van der Waals surface area (Å²) in [4.78, 5) is 20.2. The molecular formula is C9H13N3O2. The van der Waals surface area contributed by atoms with Crippen LogP contribution in [0.15, 0.2) is 18.6 Å². The Balaban J connectivity index is 2.65. The van der Waals surface area contributed by atoms with E-state index >= 15 is 0 Å². The standard InChI is InChI=1S/C9H13N3O2/c1-7(12(2)6-9(13)14)8-5-10-3-4-11-8/h3-5,7H,6H2,1-2H3,(H,13,14)/t7-/m1/s1. The second-order valence-electron chi connectivity index (χ2n) is 3.12. The highest BCUT2D eigenvalue weighted by molar-refractivity contribution is 5.69. The van der Waals surface area contributed by atoms with Crippen LogP contribution >= 0.6 is 0 Å². The molecule has 0 unspecified atom stereocenters. The maximum atomic E-state index is 10.5. The zero-order valence-electron chi connectivity index (χ0n) is 8.21. The van der Waals surface area contributed by atoms with Gasteiger partial charge < -0.3 is 5.11 Å². The van der Waals surface area contributed by atoms with Crippen LogP contribution in [0.1, 0.15) is 18.7 Å². The lowest BCUT2D eigenvalue weighted by molar-refractivity contribution is -0.138. The molecule has 1 N–H and O–H groups in total. The first-order valence-electron chi connectivity index (χ1n) is 4.29. The van der Waals surface area contributed by atoms with Gasteiger partial charge >= 0.3 is 5.97 Å². The van der Waals surface area contributed by atoms with Gasteiger partial charge in [0.2, 0.25) is 0 Å². The molecule has 0 spiro atoms. The number of carbonyl (C=O) groups is 1. The average Bonchev–Trinajstić information content (AvgIpc) is 2.17. The first kappa shape index (κ1) is 10.6. The van der Waals surface area contributed by atoms with E-state index in [1.165, 1.54) is 0 Å². The van der Waals surface area contributed by atoms with Gasteiger partial charge in [-0.25, -0.2) is 0 Å². The fourth-order valence-electron chi connectivity index (χ4n) is 1.10. The molecular weight excluding hydrogens is 182 g/mol. The van der Waals surface area contributed by atoms with Crippen LogP contribution in [0, 0.1) is 0 Å². The molecule has 1 heterocycles. The van der Waals surface area contributed by atoms with Gasteiger partial charge in [0, 0.05) is 18.6 Å². The van der Waals surface area contributed by atoms with Gasteiger partial charge in [-0.2, -0.15) is 0 Å². The zero-order valence-corrected chi connectivity index (χ0v) is 8.21. The molecule has 0 fully saturated rings. The minimum Gasteiger partial charge on any atom is -0.480 e. The van der Waals surface area contributed by atoms with Crippen LogP contribution in [0.25, 0.3) is 0 Å². The Kier molecular flexibility index (Phi) is 3.53. The van der Waals surface area contributed by atoms with Gasteiger partial charge in [-0.3, -0.25) is 19.7 Å². The van der Waals surface area contributed by atoms with Crippen molar-refractivity contribution in [2.75, 3.05) is 13.6 Å². The Bertz CT molecular complexity index is 302. The molecule has 0 aromatic carbocycles. The van der Waals surface area contributed by atoms with Crippen LogP contribution in [0.3, 0.4) is 0 Å². The van der Waals surface area contributed by atoms with E-state index in [4.69, 9.17) is 5.11 Å². The number of hydrogen-bond acceptors (Lipinski definition) is 4. The van der Waals surface area contributed by atoms with E-state index in [2.05, 4.69) is 9.97 Å². The van der Waals surface area contributed by atoms with E-state index in [-0.39, 0.29) is 12.6 Å². The van der Waals surface area contributed by atoms with Crippen molar-refractivity contribution in [3.63, 3.8) is 0 Å². The molecule has 14 heavy (non-hydrogen) atoms. The molecule has 0 aliphatic carbocycles. The summed E-state index contributed by atoms with van der Waals surface area (Å²) in [5.74, 6) is -0.844. The zero-order chi connectivity index (χ0) is 10.6. The summed E-state index contributed by atoms with van der Waals surface area (Å²) in [5.41, 5.74) is 0.774. The lowest BCUT2D eigenvalue weighted by atomic mass is 10.2. The second-order valence-corrected chi connectivity index (χ2v) is 3.12. The molecule has 76 valence electrons. The predicted octanol–water partition coefficient (Wildman–Crippen LogP) is 0.554. The molecule has 0 saturated heterocycles. The minimum atomic E-state index is -0.844. The second kappa shape index (κ2) is 4.66. The van der Waals surface area contributed by atoms with Crippen molar-refractivity contribution in [1.82, 2.24) is 14.9 Å². The molecule has 0 radical (unpaired) electrons. The van der Waals surface area contributed by atoms with Crippen molar-refractivity contribution >= 4 is 5.97 Å². The highest BCUT2D eigenvalue weighted by Gasteiger charge is 2.14. The minimum absolute atomic E-state index is 0.00224. The van der Waals surface area contributed by atoms with E-state index < -0.39 is 5.97 Å². The predicted molar refractivity (Wildman–Crippen MR) is 50.7 cm³/mol. The Morgan fingerprint density at radius 1 is 1.64 bits per heavy atom. The van der Waals surface area contributed by atoms with E-state index in [0.29, 0.717) is 0 Å². The molecule has 1 rings (SSSR count). The van der Waals surface area contributed by atoms with Crippen LogP contribution in [0.4, 0.5) is 0 Å². The topological polar surface area (TPSA) is 66.3 Å². The molecule has 1 aromatic heterocycles.